The summed E-state index contributed by atoms with van der Waals surface area (Å²) in [5.41, 5.74) is 8.08. The summed E-state index contributed by atoms with van der Waals surface area (Å²) in [6, 6.07) is 0. The maximum Gasteiger partial charge on any atom is 0.162 e. The Labute approximate surface area is 103 Å². The summed E-state index contributed by atoms with van der Waals surface area (Å²) < 4.78 is 0. The lowest BCUT2D eigenvalue weighted by Gasteiger charge is -2.23. The molecule has 0 aliphatic rings. The average Bonchev–Trinajstić information content (AvgIpc) is 2.19. The van der Waals surface area contributed by atoms with E-state index in [1.807, 2.05) is 25.8 Å². The van der Waals surface area contributed by atoms with Crippen LogP contribution < -0.4 is 10.6 Å². The van der Waals surface area contributed by atoms with Gasteiger partial charge in [0.2, 0.25) is 0 Å². The summed E-state index contributed by atoms with van der Waals surface area (Å²) >= 11 is 0. The number of hydrogen-bond donors (Lipinski definition) is 2. The zero-order valence-electron chi connectivity index (χ0n) is 11.2. The first kappa shape index (κ1) is 13.4. The molecule has 3 N–H and O–H groups in total. The second-order valence-corrected chi connectivity index (χ2v) is 4.80. The van der Waals surface area contributed by atoms with Gasteiger partial charge < -0.3 is 10.6 Å². The van der Waals surface area contributed by atoms with Crippen molar-refractivity contribution < 1.29 is 0 Å². The van der Waals surface area contributed by atoms with Gasteiger partial charge in [-0.05, 0) is 25.3 Å². The molecule has 1 aromatic rings. The Hall–Kier alpha value is -1.65. The Bertz CT molecular complexity index is 425. The van der Waals surface area contributed by atoms with Gasteiger partial charge in [-0.3, -0.25) is 5.41 Å². The van der Waals surface area contributed by atoms with Crippen molar-refractivity contribution in [2.75, 3.05) is 18.5 Å². The second kappa shape index (κ2) is 5.12. The van der Waals surface area contributed by atoms with Crippen LogP contribution in [0.15, 0.2) is 0 Å². The molecule has 1 rings (SSSR count). The van der Waals surface area contributed by atoms with Gasteiger partial charge in [-0.15, -0.1) is 5.10 Å². The molecule has 0 bridgehead atoms. The highest BCUT2D eigenvalue weighted by atomic mass is 15.3. The molecule has 5 nitrogen and oxygen atoms in total. The van der Waals surface area contributed by atoms with E-state index in [1.165, 1.54) is 0 Å². The molecule has 0 aromatic carbocycles. The molecule has 0 saturated carbocycles. The van der Waals surface area contributed by atoms with Gasteiger partial charge in [0.25, 0.3) is 0 Å². The molecule has 1 heterocycles. The lowest BCUT2D eigenvalue weighted by atomic mass is 10.1. The third-order valence-corrected chi connectivity index (χ3v) is 2.71. The van der Waals surface area contributed by atoms with Gasteiger partial charge >= 0.3 is 0 Å². The number of hydrogen-bond acceptors (Lipinski definition) is 4. The average molecular weight is 235 g/mol. The van der Waals surface area contributed by atoms with E-state index < -0.39 is 0 Å². The van der Waals surface area contributed by atoms with E-state index in [0.717, 1.165) is 17.8 Å². The van der Waals surface area contributed by atoms with Crippen LogP contribution in [0.5, 0.6) is 0 Å². The zero-order valence-corrected chi connectivity index (χ0v) is 11.2. The second-order valence-electron chi connectivity index (χ2n) is 4.80. The van der Waals surface area contributed by atoms with Gasteiger partial charge in [0.05, 0.1) is 11.3 Å². The van der Waals surface area contributed by atoms with Gasteiger partial charge in [0.1, 0.15) is 5.84 Å². The van der Waals surface area contributed by atoms with Crippen LogP contribution in [0.1, 0.15) is 30.7 Å². The van der Waals surface area contributed by atoms with Crippen molar-refractivity contribution in [3.63, 3.8) is 0 Å². The molecule has 0 radical (unpaired) electrons. The minimum Gasteiger partial charge on any atom is -0.384 e. The van der Waals surface area contributed by atoms with E-state index in [9.17, 15) is 0 Å². The lowest BCUT2D eigenvalue weighted by Crippen LogP contribution is -2.28. The number of rotatable bonds is 4. The van der Waals surface area contributed by atoms with Crippen LogP contribution in [0.3, 0.4) is 0 Å². The van der Waals surface area contributed by atoms with Crippen molar-refractivity contribution in [1.82, 2.24) is 10.2 Å². The fourth-order valence-electron chi connectivity index (χ4n) is 1.82. The molecule has 0 aliphatic heterocycles. The Balaban J connectivity index is 3.24. The molecule has 0 saturated heterocycles. The standard InChI is InChI=1S/C12H21N5/c1-7(2)6-17(5)12-10(11(13)14)8(3)9(4)15-16-12/h7H,6H2,1-5H3,(H3,13,14). The highest BCUT2D eigenvalue weighted by Gasteiger charge is 2.17. The Kier molecular flexibility index (Phi) is 4.04. The Morgan fingerprint density at radius 2 is 1.94 bits per heavy atom. The van der Waals surface area contributed by atoms with Gasteiger partial charge in [-0.25, -0.2) is 0 Å². The van der Waals surface area contributed by atoms with E-state index in [-0.39, 0.29) is 5.84 Å². The largest absolute Gasteiger partial charge is 0.384 e. The number of amidine groups is 1. The molecule has 17 heavy (non-hydrogen) atoms. The minimum absolute atomic E-state index is 0.0473. The third kappa shape index (κ3) is 2.93. The number of nitrogens with zero attached hydrogens (tertiary/aromatic N) is 3. The van der Waals surface area contributed by atoms with Crippen molar-refractivity contribution in [1.29, 1.82) is 5.41 Å². The number of anilines is 1. The molecule has 0 aliphatic carbocycles. The first-order chi connectivity index (χ1) is 7.84. The number of nitrogens with two attached hydrogens (primary N) is 1. The van der Waals surface area contributed by atoms with E-state index in [4.69, 9.17) is 11.1 Å². The van der Waals surface area contributed by atoms with E-state index in [1.54, 1.807) is 0 Å². The lowest BCUT2D eigenvalue weighted by molar-refractivity contribution is 0.631. The molecular formula is C12H21N5. The van der Waals surface area contributed by atoms with Crippen LogP contribution in [0.4, 0.5) is 5.82 Å². The highest BCUT2D eigenvalue weighted by Crippen LogP contribution is 2.21. The molecule has 0 fully saturated rings. The summed E-state index contributed by atoms with van der Waals surface area (Å²) in [5, 5.41) is 15.9. The molecule has 1 aromatic heterocycles. The van der Waals surface area contributed by atoms with Gasteiger partial charge in [0.15, 0.2) is 5.82 Å². The van der Waals surface area contributed by atoms with Crippen LogP contribution in [-0.4, -0.2) is 29.6 Å². The fraction of sp³-hybridized carbons (Fsp3) is 0.583. The first-order valence-electron chi connectivity index (χ1n) is 5.74. The molecule has 94 valence electrons. The number of aromatic nitrogens is 2. The van der Waals surface area contributed by atoms with Crippen LogP contribution in [0, 0.1) is 25.2 Å². The Morgan fingerprint density at radius 1 is 1.35 bits per heavy atom. The summed E-state index contributed by atoms with van der Waals surface area (Å²) in [7, 11) is 1.95. The molecule has 0 unspecified atom stereocenters. The van der Waals surface area contributed by atoms with Crippen LogP contribution >= 0.6 is 0 Å². The quantitative estimate of drug-likeness (QED) is 0.612. The molecule has 5 heteroatoms. The van der Waals surface area contributed by atoms with Crippen LogP contribution in [0.2, 0.25) is 0 Å². The van der Waals surface area contributed by atoms with Crippen molar-refractivity contribution in [3.05, 3.63) is 16.8 Å². The van der Waals surface area contributed by atoms with Gasteiger partial charge in [0, 0.05) is 13.6 Å². The minimum atomic E-state index is 0.0473. The van der Waals surface area contributed by atoms with E-state index in [0.29, 0.717) is 17.3 Å². The molecule has 0 atom stereocenters. The fourth-order valence-corrected chi connectivity index (χ4v) is 1.82. The first-order valence-corrected chi connectivity index (χ1v) is 5.74. The monoisotopic (exact) mass is 235 g/mol. The molecule has 0 spiro atoms. The summed E-state index contributed by atoms with van der Waals surface area (Å²) in [6.45, 7) is 8.93. The van der Waals surface area contributed by atoms with E-state index >= 15 is 0 Å². The number of aryl methyl sites for hydroxylation is 1. The zero-order chi connectivity index (χ0) is 13.2. The third-order valence-electron chi connectivity index (χ3n) is 2.71. The van der Waals surface area contributed by atoms with Crippen molar-refractivity contribution in [2.45, 2.75) is 27.7 Å². The number of nitrogens with one attached hydrogen (secondary N) is 1. The SMILES string of the molecule is Cc1nnc(N(C)CC(C)C)c(C(=N)N)c1C. The van der Waals surface area contributed by atoms with Crippen molar-refractivity contribution >= 4 is 11.7 Å². The molecule has 0 amide bonds. The summed E-state index contributed by atoms with van der Waals surface area (Å²) in [6.07, 6.45) is 0. The van der Waals surface area contributed by atoms with Crippen LogP contribution in [-0.2, 0) is 0 Å². The normalized spacial score (nSPS) is 10.7. The summed E-state index contributed by atoms with van der Waals surface area (Å²) in [4.78, 5) is 2.00. The predicted octanol–water partition coefficient (Wildman–Crippen LogP) is 1.47. The van der Waals surface area contributed by atoms with Crippen molar-refractivity contribution in [2.24, 2.45) is 11.7 Å². The van der Waals surface area contributed by atoms with Crippen LogP contribution in [0.25, 0.3) is 0 Å². The maximum absolute atomic E-state index is 7.67. The van der Waals surface area contributed by atoms with Gasteiger partial charge in [-0.2, -0.15) is 5.10 Å². The smallest absolute Gasteiger partial charge is 0.162 e. The van der Waals surface area contributed by atoms with Gasteiger partial charge in [-0.1, -0.05) is 13.8 Å². The highest BCUT2D eigenvalue weighted by molar-refractivity contribution is 6.01. The number of nitrogen functional groups attached to an aromatic ring is 1. The molecular weight excluding hydrogens is 214 g/mol. The Morgan fingerprint density at radius 3 is 2.41 bits per heavy atom. The predicted molar refractivity (Wildman–Crippen MR) is 70.6 cm³/mol. The summed E-state index contributed by atoms with van der Waals surface area (Å²) in [5.74, 6) is 1.25. The van der Waals surface area contributed by atoms with Crippen molar-refractivity contribution in [3.8, 4) is 0 Å². The maximum atomic E-state index is 7.67. The van der Waals surface area contributed by atoms with E-state index in [2.05, 4.69) is 24.0 Å². The topological polar surface area (TPSA) is 78.9 Å².